The van der Waals surface area contributed by atoms with Crippen molar-refractivity contribution >= 4 is 5.84 Å². The highest BCUT2D eigenvalue weighted by Gasteiger charge is 1.95. The quantitative estimate of drug-likeness (QED) is 0.237. The summed E-state index contributed by atoms with van der Waals surface area (Å²) >= 11 is 0. The van der Waals surface area contributed by atoms with Gasteiger partial charge in [-0.05, 0) is 6.07 Å². The molecule has 9 heavy (non-hydrogen) atoms. The average molecular weight is 125 g/mol. The number of furan rings is 1. The summed E-state index contributed by atoms with van der Waals surface area (Å²) < 4.78 is 4.72. The van der Waals surface area contributed by atoms with Gasteiger partial charge in [0.15, 0.2) is 5.84 Å². The third-order valence-electron chi connectivity index (χ3n) is 0.956. The van der Waals surface area contributed by atoms with Gasteiger partial charge in [-0.2, -0.15) is 5.10 Å². The summed E-state index contributed by atoms with van der Waals surface area (Å²) in [5.74, 6) is 5.17. The fraction of sp³-hybridized carbons (Fsp3) is 0. The van der Waals surface area contributed by atoms with Gasteiger partial charge in [-0.25, -0.2) is 0 Å². The second kappa shape index (κ2) is 2.21. The minimum absolute atomic E-state index is 0.281. The van der Waals surface area contributed by atoms with Gasteiger partial charge in [0.05, 0.1) is 11.8 Å². The fourth-order valence-electron chi connectivity index (χ4n) is 0.485. The van der Waals surface area contributed by atoms with Crippen molar-refractivity contribution in [1.82, 2.24) is 0 Å². The van der Waals surface area contributed by atoms with E-state index in [0.29, 0.717) is 5.56 Å². The highest BCUT2D eigenvalue weighted by molar-refractivity contribution is 5.96. The summed E-state index contributed by atoms with van der Waals surface area (Å²) in [4.78, 5) is 0. The van der Waals surface area contributed by atoms with E-state index in [-0.39, 0.29) is 5.84 Å². The normalized spacial score (nSPS) is 11.8. The van der Waals surface area contributed by atoms with E-state index in [4.69, 9.17) is 16.0 Å². The maximum atomic E-state index is 5.30. The van der Waals surface area contributed by atoms with Crippen molar-refractivity contribution in [2.75, 3.05) is 0 Å². The molecule has 0 fully saturated rings. The Morgan fingerprint density at radius 1 is 1.67 bits per heavy atom. The van der Waals surface area contributed by atoms with Crippen LogP contribution in [0.1, 0.15) is 5.56 Å². The van der Waals surface area contributed by atoms with Crippen molar-refractivity contribution in [2.45, 2.75) is 0 Å². The molecule has 48 valence electrons. The Bertz CT molecular complexity index is 202. The van der Waals surface area contributed by atoms with Crippen LogP contribution in [0.4, 0.5) is 0 Å². The van der Waals surface area contributed by atoms with Gasteiger partial charge in [-0.3, -0.25) is 0 Å². The molecule has 0 aliphatic heterocycles. The van der Waals surface area contributed by atoms with E-state index in [1.54, 1.807) is 6.07 Å². The molecule has 0 aliphatic rings. The minimum Gasteiger partial charge on any atom is -0.472 e. The smallest absolute Gasteiger partial charge is 0.153 e. The van der Waals surface area contributed by atoms with Gasteiger partial charge in [-0.1, -0.05) is 0 Å². The Balaban J connectivity index is 2.90. The summed E-state index contributed by atoms with van der Waals surface area (Å²) in [6, 6.07) is 1.69. The molecular formula is C5H7N3O. The SMILES string of the molecule is NN=C(N)c1ccoc1. The van der Waals surface area contributed by atoms with Gasteiger partial charge in [0, 0.05) is 0 Å². The molecule has 0 saturated heterocycles. The molecule has 0 saturated carbocycles. The van der Waals surface area contributed by atoms with Crippen LogP contribution in [-0.2, 0) is 0 Å². The lowest BCUT2D eigenvalue weighted by Crippen LogP contribution is -2.14. The zero-order valence-corrected chi connectivity index (χ0v) is 4.74. The van der Waals surface area contributed by atoms with Crippen molar-refractivity contribution in [3.8, 4) is 0 Å². The molecule has 0 bridgehead atoms. The summed E-state index contributed by atoms with van der Waals surface area (Å²) in [6.45, 7) is 0. The fourth-order valence-corrected chi connectivity index (χ4v) is 0.485. The third-order valence-corrected chi connectivity index (χ3v) is 0.956. The van der Waals surface area contributed by atoms with Crippen LogP contribution in [0.2, 0.25) is 0 Å². The molecule has 1 aromatic heterocycles. The maximum Gasteiger partial charge on any atom is 0.153 e. The molecule has 1 aromatic rings. The van der Waals surface area contributed by atoms with Gasteiger partial charge in [0.2, 0.25) is 0 Å². The Kier molecular flexibility index (Phi) is 1.40. The van der Waals surface area contributed by atoms with Gasteiger partial charge >= 0.3 is 0 Å². The molecule has 0 unspecified atom stereocenters. The van der Waals surface area contributed by atoms with Crippen LogP contribution in [0.15, 0.2) is 28.1 Å². The van der Waals surface area contributed by atoms with E-state index < -0.39 is 0 Å². The molecule has 0 aliphatic carbocycles. The third kappa shape index (κ3) is 1.02. The molecule has 0 aromatic carbocycles. The predicted molar refractivity (Wildman–Crippen MR) is 33.6 cm³/mol. The molecule has 0 atom stereocenters. The number of nitrogens with zero attached hydrogens (tertiary/aromatic N) is 1. The Labute approximate surface area is 52.1 Å². The molecule has 0 amide bonds. The van der Waals surface area contributed by atoms with Crippen LogP contribution in [0.3, 0.4) is 0 Å². The van der Waals surface area contributed by atoms with Crippen molar-refractivity contribution in [3.05, 3.63) is 24.2 Å². The zero-order chi connectivity index (χ0) is 6.69. The topological polar surface area (TPSA) is 77.5 Å². The van der Waals surface area contributed by atoms with Crippen LogP contribution >= 0.6 is 0 Å². The van der Waals surface area contributed by atoms with Gasteiger partial charge in [0.1, 0.15) is 6.26 Å². The van der Waals surface area contributed by atoms with E-state index in [1.807, 2.05) is 0 Å². The second-order valence-corrected chi connectivity index (χ2v) is 1.53. The highest BCUT2D eigenvalue weighted by atomic mass is 16.3. The van der Waals surface area contributed by atoms with Crippen molar-refractivity contribution < 1.29 is 4.42 Å². The number of hydrogen-bond donors (Lipinski definition) is 2. The summed E-state index contributed by atoms with van der Waals surface area (Å²) in [5.41, 5.74) is 6.01. The van der Waals surface area contributed by atoms with Crippen molar-refractivity contribution in [1.29, 1.82) is 0 Å². The molecule has 4 heteroatoms. The molecule has 1 rings (SSSR count). The number of hydrazone groups is 1. The first-order valence-electron chi connectivity index (χ1n) is 2.40. The lowest BCUT2D eigenvalue weighted by Gasteiger charge is -1.88. The molecule has 4 nitrogen and oxygen atoms in total. The molecule has 1 heterocycles. The van der Waals surface area contributed by atoms with Crippen molar-refractivity contribution in [2.24, 2.45) is 16.7 Å². The molecule has 4 N–H and O–H groups in total. The van der Waals surface area contributed by atoms with Crippen LogP contribution in [0.25, 0.3) is 0 Å². The Morgan fingerprint density at radius 3 is 2.89 bits per heavy atom. The summed E-state index contributed by atoms with van der Waals surface area (Å²) in [7, 11) is 0. The van der Waals surface area contributed by atoms with Crippen LogP contribution in [-0.4, -0.2) is 5.84 Å². The van der Waals surface area contributed by atoms with Crippen molar-refractivity contribution in [3.63, 3.8) is 0 Å². The van der Waals surface area contributed by atoms with E-state index in [0.717, 1.165) is 0 Å². The first-order valence-corrected chi connectivity index (χ1v) is 2.40. The van der Waals surface area contributed by atoms with Crippen LogP contribution in [0, 0.1) is 0 Å². The number of hydrogen-bond acceptors (Lipinski definition) is 3. The summed E-state index contributed by atoms with van der Waals surface area (Å²) in [6.07, 6.45) is 2.99. The lowest BCUT2D eigenvalue weighted by atomic mass is 10.3. The van der Waals surface area contributed by atoms with Gasteiger partial charge in [0.25, 0.3) is 0 Å². The summed E-state index contributed by atoms with van der Waals surface area (Å²) in [5, 5.41) is 3.27. The molecule has 0 radical (unpaired) electrons. The first kappa shape index (κ1) is 5.68. The lowest BCUT2D eigenvalue weighted by molar-refractivity contribution is 0.567. The average Bonchev–Trinajstić information content (AvgIpc) is 2.37. The monoisotopic (exact) mass is 125 g/mol. The number of nitrogens with two attached hydrogens (primary N) is 2. The Hall–Kier alpha value is -1.45. The van der Waals surface area contributed by atoms with E-state index in [1.165, 1.54) is 12.5 Å². The van der Waals surface area contributed by atoms with Gasteiger partial charge < -0.3 is 16.0 Å². The van der Waals surface area contributed by atoms with E-state index in [9.17, 15) is 0 Å². The maximum absolute atomic E-state index is 5.30. The minimum atomic E-state index is 0.281. The zero-order valence-electron chi connectivity index (χ0n) is 4.74. The number of rotatable bonds is 1. The number of amidine groups is 1. The predicted octanol–water partition coefficient (Wildman–Crippen LogP) is -0.141. The van der Waals surface area contributed by atoms with E-state index >= 15 is 0 Å². The van der Waals surface area contributed by atoms with E-state index in [2.05, 4.69) is 5.10 Å². The van der Waals surface area contributed by atoms with Crippen LogP contribution in [0.5, 0.6) is 0 Å². The largest absolute Gasteiger partial charge is 0.472 e. The molecule has 0 spiro atoms. The van der Waals surface area contributed by atoms with Gasteiger partial charge in [-0.15, -0.1) is 0 Å². The Morgan fingerprint density at radius 2 is 2.44 bits per heavy atom. The standard InChI is InChI=1S/C5H7N3O/c6-5(8-7)4-1-2-9-3-4/h1-3H,7H2,(H2,6,8). The molecular weight excluding hydrogens is 118 g/mol. The first-order chi connectivity index (χ1) is 4.34. The highest BCUT2D eigenvalue weighted by Crippen LogP contribution is 1.96. The van der Waals surface area contributed by atoms with Crippen LogP contribution < -0.4 is 11.6 Å². The second-order valence-electron chi connectivity index (χ2n) is 1.53.